The molecule has 2 aromatic carbocycles. The number of hydrogen-bond acceptors (Lipinski definition) is 2. The molecule has 0 aliphatic rings. The number of fused-ring (bicyclic) bond motifs is 1. The van der Waals surface area contributed by atoms with E-state index in [2.05, 4.69) is 13.5 Å². The first-order valence-electron chi connectivity index (χ1n) is 5.22. The van der Waals surface area contributed by atoms with E-state index in [1.165, 1.54) is 4.90 Å². The minimum absolute atomic E-state index is 0.339. The Hall–Kier alpha value is -1.41. The number of phenols is 1. The summed E-state index contributed by atoms with van der Waals surface area (Å²) in [6.45, 7) is 5.89. The topological polar surface area (TPSA) is 20.2 Å². The molecular weight excluding hydrogens is 216 g/mol. The van der Waals surface area contributed by atoms with E-state index in [-0.39, 0.29) is 0 Å². The van der Waals surface area contributed by atoms with E-state index in [1.54, 1.807) is 17.8 Å². The van der Waals surface area contributed by atoms with Crippen molar-refractivity contribution in [1.29, 1.82) is 0 Å². The lowest BCUT2D eigenvalue weighted by atomic mass is 10.1. The molecule has 0 amide bonds. The fraction of sp³-hybridized carbons (Fsp3) is 0.143. The average Bonchev–Trinajstić information content (AvgIpc) is 2.33. The SMILES string of the molecule is C=CC(C)Sc1ccc(O)c2ccccc12. The highest BCUT2D eigenvalue weighted by Gasteiger charge is 2.07. The number of benzene rings is 2. The van der Waals surface area contributed by atoms with Crippen LogP contribution in [0.2, 0.25) is 0 Å². The first-order chi connectivity index (χ1) is 7.72. The van der Waals surface area contributed by atoms with Crippen LogP contribution in [0.1, 0.15) is 6.92 Å². The molecule has 0 bridgehead atoms. The average molecular weight is 230 g/mol. The summed E-state index contributed by atoms with van der Waals surface area (Å²) >= 11 is 1.75. The Bertz CT molecular complexity index is 519. The van der Waals surface area contributed by atoms with Crippen molar-refractivity contribution in [3.8, 4) is 5.75 Å². The van der Waals surface area contributed by atoms with Crippen LogP contribution in [0.3, 0.4) is 0 Å². The summed E-state index contributed by atoms with van der Waals surface area (Å²) in [5, 5.41) is 12.1. The molecule has 0 saturated carbocycles. The molecule has 1 atom stereocenters. The van der Waals surface area contributed by atoms with Gasteiger partial charge in [0.1, 0.15) is 5.75 Å². The van der Waals surface area contributed by atoms with Gasteiger partial charge in [-0.15, -0.1) is 18.3 Å². The maximum Gasteiger partial charge on any atom is 0.123 e. The predicted octanol–water partition coefficient (Wildman–Crippen LogP) is 4.21. The van der Waals surface area contributed by atoms with Crippen LogP contribution in [-0.4, -0.2) is 10.4 Å². The van der Waals surface area contributed by atoms with Crippen molar-refractivity contribution in [1.82, 2.24) is 0 Å². The summed E-state index contributed by atoms with van der Waals surface area (Å²) in [5.74, 6) is 0.339. The second-order valence-electron chi connectivity index (χ2n) is 3.69. The first kappa shape index (κ1) is 11.1. The molecule has 1 nitrogen and oxygen atoms in total. The lowest BCUT2D eigenvalue weighted by Crippen LogP contribution is -1.89. The quantitative estimate of drug-likeness (QED) is 0.629. The fourth-order valence-electron chi connectivity index (χ4n) is 1.61. The standard InChI is InChI=1S/C14H14OS/c1-3-10(2)16-14-9-8-13(15)11-6-4-5-7-12(11)14/h3-10,15H,1H2,2H3. The van der Waals surface area contributed by atoms with E-state index in [0.29, 0.717) is 11.0 Å². The lowest BCUT2D eigenvalue weighted by molar-refractivity contribution is 0.481. The molecular formula is C14H14OS. The van der Waals surface area contributed by atoms with Crippen LogP contribution in [0.4, 0.5) is 0 Å². The van der Waals surface area contributed by atoms with Crippen molar-refractivity contribution in [3.63, 3.8) is 0 Å². The minimum Gasteiger partial charge on any atom is -0.507 e. The van der Waals surface area contributed by atoms with Crippen molar-refractivity contribution in [3.05, 3.63) is 49.1 Å². The van der Waals surface area contributed by atoms with Crippen LogP contribution < -0.4 is 0 Å². The van der Waals surface area contributed by atoms with Crippen LogP contribution in [-0.2, 0) is 0 Å². The van der Waals surface area contributed by atoms with E-state index in [0.717, 1.165) is 10.8 Å². The van der Waals surface area contributed by atoms with E-state index >= 15 is 0 Å². The minimum atomic E-state index is 0.339. The van der Waals surface area contributed by atoms with Gasteiger partial charge in [0, 0.05) is 15.5 Å². The molecule has 0 spiro atoms. The van der Waals surface area contributed by atoms with Crippen molar-refractivity contribution in [2.24, 2.45) is 0 Å². The zero-order valence-electron chi connectivity index (χ0n) is 9.18. The van der Waals surface area contributed by atoms with E-state index < -0.39 is 0 Å². The van der Waals surface area contributed by atoms with Crippen LogP contribution in [0.5, 0.6) is 5.75 Å². The zero-order valence-corrected chi connectivity index (χ0v) is 10.00. The summed E-state index contributed by atoms with van der Waals surface area (Å²) in [4.78, 5) is 1.18. The van der Waals surface area contributed by atoms with Gasteiger partial charge >= 0.3 is 0 Å². The molecule has 82 valence electrons. The second-order valence-corrected chi connectivity index (χ2v) is 5.11. The van der Waals surface area contributed by atoms with Gasteiger partial charge in [-0.1, -0.05) is 30.3 Å². The van der Waals surface area contributed by atoms with Crippen LogP contribution >= 0.6 is 11.8 Å². The Balaban J connectivity index is 2.54. The van der Waals surface area contributed by atoms with Gasteiger partial charge in [-0.05, 0) is 24.4 Å². The number of aromatic hydroxyl groups is 1. The molecule has 2 heteroatoms. The normalized spacial score (nSPS) is 12.6. The van der Waals surface area contributed by atoms with E-state index in [9.17, 15) is 5.11 Å². The highest BCUT2D eigenvalue weighted by molar-refractivity contribution is 8.00. The molecule has 1 unspecified atom stereocenters. The molecule has 2 aromatic rings. The maximum atomic E-state index is 9.76. The van der Waals surface area contributed by atoms with E-state index in [4.69, 9.17) is 0 Å². The van der Waals surface area contributed by atoms with Crippen LogP contribution in [0.25, 0.3) is 10.8 Å². The summed E-state index contributed by atoms with van der Waals surface area (Å²) < 4.78 is 0. The van der Waals surface area contributed by atoms with Gasteiger partial charge in [0.05, 0.1) is 0 Å². The fourth-order valence-corrected chi connectivity index (χ4v) is 2.56. The molecule has 16 heavy (non-hydrogen) atoms. The first-order valence-corrected chi connectivity index (χ1v) is 6.10. The third kappa shape index (κ3) is 2.07. The molecule has 2 rings (SSSR count). The Kier molecular flexibility index (Phi) is 3.20. The van der Waals surface area contributed by atoms with E-state index in [1.807, 2.05) is 36.4 Å². The Morgan fingerprint density at radius 1 is 1.19 bits per heavy atom. The van der Waals surface area contributed by atoms with Crippen molar-refractivity contribution in [2.45, 2.75) is 17.1 Å². The lowest BCUT2D eigenvalue weighted by Gasteiger charge is -2.10. The third-order valence-corrected chi connectivity index (χ3v) is 3.68. The van der Waals surface area contributed by atoms with Gasteiger partial charge < -0.3 is 5.11 Å². The monoisotopic (exact) mass is 230 g/mol. The van der Waals surface area contributed by atoms with Crippen molar-refractivity contribution >= 4 is 22.5 Å². The Labute approximate surface area is 99.8 Å². The molecule has 0 aliphatic carbocycles. The highest BCUT2D eigenvalue weighted by atomic mass is 32.2. The van der Waals surface area contributed by atoms with Gasteiger partial charge in [0.2, 0.25) is 0 Å². The largest absolute Gasteiger partial charge is 0.507 e. The molecule has 0 heterocycles. The summed E-state index contributed by atoms with van der Waals surface area (Å²) in [5.41, 5.74) is 0. The smallest absolute Gasteiger partial charge is 0.123 e. The molecule has 0 aliphatic heterocycles. The molecule has 1 N–H and O–H groups in total. The Morgan fingerprint density at radius 3 is 2.56 bits per heavy atom. The van der Waals surface area contributed by atoms with Crippen molar-refractivity contribution < 1.29 is 5.11 Å². The number of phenolic OH excluding ortho intramolecular Hbond substituents is 1. The molecule has 0 radical (unpaired) electrons. The van der Waals surface area contributed by atoms with Gasteiger partial charge in [-0.2, -0.15) is 0 Å². The predicted molar refractivity (Wildman–Crippen MR) is 71.1 cm³/mol. The Morgan fingerprint density at radius 2 is 1.88 bits per heavy atom. The summed E-state index contributed by atoms with van der Waals surface area (Å²) in [7, 11) is 0. The number of rotatable bonds is 3. The molecule has 0 aromatic heterocycles. The van der Waals surface area contributed by atoms with Crippen LogP contribution in [0.15, 0.2) is 53.9 Å². The summed E-state index contributed by atoms with van der Waals surface area (Å²) in [6, 6.07) is 11.6. The number of thioether (sulfide) groups is 1. The second kappa shape index (κ2) is 4.62. The maximum absolute atomic E-state index is 9.76. The highest BCUT2D eigenvalue weighted by Crippen LogP contribution is 2.35. The molecule has 0 fully saturated rings. The summed E-state index contributed by atoms with van der Waals surface area (Å²) in [6.07, 6.45) is 1.92. The van der Waals surface area contributed by atoms with Gasteiger partial charge in [0.15, 0.2) is 0 Å². The van der Waals surface area contributed by atoms with Gasteiger partial charge in [0.25, 0.3) is 0 Å². The zero-order chi connectivity index (χ0) is 11.5. The van der Waals surface area contributed by atoms with Gasteiger partial charge in [-0.3, -0.25) is 0 Å². The van der Waals surface area contributed by atoms with Crippen LogP contribution in [0, 0.1) is 0 Å². The van der Waals surface area contributed by atoms with Gasteiger partial charge in [-0.25, -0.2) is 0 Å². The molecule has 0 saturated heterocycles. The third-order valence-electron chi connectivity index (χ3n) is 2.51. The number of hydrogen-bond donors (Lipinski definition) is 1. The van der Waals surface area contributed by atoms with Crippen molar-refractivity contribution in [2.75, 3.05) is 0 Å².